The van der Waals surface area contributed by atoms with E-state index in [0.29, 0.717) is 36.4 Å². The number of nitrogens with zero attached hydrogens (tertiary/aromatic N) is 4. The molecule has 0 spiro atoms. The summed E-state index contributed by atoms with van der Waals surface area (Å²) in [7, 11) is 0. The van der Waals surface area contributed by atoms with Crippen LogP contribution in [0.3, 0.4) is 0 Å². The first-order chi connectivity index (χ1) is 15.5. The van der Waals surface area contributed by atoms with Gasteiger partial charge in [0.2, 0.25) is 11.9 Å². The van der Waals surface area contributed by atoms with E-state index >= 15 is 0 Å². The third kappa shape index (κ3) is 5.25. The Morgan fingerprint density at radius 3 is 2.78 bits per heavy atom. The van der Waals surface area contributed by atoms with Crippen molar-refractivity contribution in [2.75, 3.05) is 41.8 Å². The molecule has 4 N–H and O–H groups in total. The van der Waals surface area contributed by atoms with Gasteiger partial charge in [-0.15, -0.1) is 0 Å². The number of morpholine rings is 1. The molecule has 3 aromatic rings. The number of aromatic nitrogens is 4. The number of rotatable bonds is 7. The molecule has 0 radical (unpaired) electrons. The molecule has 1 aliphatic heterocycles. The van der Waals surface area contributed by atoms with Crippen molar-refractivity contribution in [2.24, 2.45) is 0 Å². The second-order valence-electron chi connectivity index (χ2n) is 7.61. The quantitative estimate of drug-likeness (QED) is 0.413. The molecule has 0 aliphatic carbocycles. The van der Waals surface area contributed by atoms with Gasteiger partial charge in [0.05, 0.1) is 13.2 Å². The van der Waals surface area contributed by atoms with Crippen LogP contribution in [-0.2, 0) is 4.74 Å². The van der Waals surface area contributed by atoms with E-state index in [0.717, 1.165) is 35.7 Å². The van der Waals surface area contributed by atoms with E-state index in [9.17, 15) is 5.11 Å². The third-order valence-electron chi connectivity index (χ3n) is 4.79. The Morgan fingerprint density at radius 2 is 2.03 bits per heavy atom. The minimum absolute atomic E-state index is 0.165. The van der Waals surface area contributed by atoms with Crippen molar-refractivity contribution in [1.29, 1.82) is 0 Å². The zero-order valence-corrected chi connectivity index (χ0v) is 18.2. The van der Waals surface area contributed by atoms with Crippen LogP contribution in [0, 0.1) is 0 Å². The highest BCUT2D eigenvalue weighted by atomic mass is 16.5. The number of nitrogens with one attached hydrogen (secondary N) is 3. The predicted molar refractivity (Wildman–Crippen MR) is 127 cm³/mol. The van der Waals surface area contributed by atoms with Crippen molar-refractivity contribution in [3.05, 3.63) is 60.3 Å². The molecule has 3 heterocycles. The highest BCUT2D eigenvalue weighted by Gasteiger charge is 2.20. The summed E-state index contributed by atoms with van der Waals surface area (Å²) in [5.74, 6) is 1.90. The van der Waals surface area contributed by atoms with Gasteiger partial charge in [-0.05, 0) is 32.1 Å². The van der Waals surface area contributed by atoms with Crippen LogP contribution >= 0.6 is 0 Å². The van der Waals surface area contributed by atoms with Gasteiger partial charge in [-0.2, -0.15) is 15.0 Å². The third-order valence-corrected chi connectivity index (χ3v) is 4.79. The largest absolute Gasteiger partial charge is 0.508 e. The lowest BCUT2D eigenvalue weighted by molar-refractivity contribution is 0.122. The summed E-state index contributed by atoms with van der Waals surface area (Å²) in [4.78, 5) is 19.4. The number of fused-ring (bicyclic) bond motifs is 1. The zero-order valence-electron chi connectivity index (χ0n) is 18.2. The Balaban J connectivity index is 1.67. The van der Waals surface area contributed by atoms with Gasteiger partial charge in [0, 0.05) is 30.5 Å². The first kappa shape index (κ1) is 21.4. The van der Waals surface area contributed by atoms with Crippen molar-refractivity contribution >= 4 is 34.6 Å². The number of ether oxygens (including phenoxy) is 1. The van der Waals surface area contributed by atoms with E-state index in [-0.39, 0.29) is 5.75 Å². The summed E-state index contributed by atoms with van der Waals surface area (Å²) in [6.45, 7) is 10.5. The van der Waals surface area contributed by atoms with E-state index < -0.39 is 0 Å². The summed E-state index contributed by atoms with van der Waals surface area (Å²) in [5, 5.41) is 16.2. The van der Waals surface area contributed by atoms with E-state index in [2.05, 4.69) is 37.1 Å². The first-order valence-corrected chi connectivity index (χ1v) is 10.4. The first-order valence-electron chi connectivity index (χ1n) is 10.4. The van der Waals surface area contributed by atoms with E-state index in [1.54, 1.807) is 18.2 Å². The highest BCUT2D eigenvalue weighted by Crippen LogP contribution is 2.28. The minimum Gasteiger partial charge on any atom is -0.508 e. The van der Waals surface area contributed by atoms with Gasteiger partial charge in [-0.3, -0.25) is 0 Å². The summed E-state index contributed by atoms with van der Waals surface area (Å²) in [6, 6.07) is 6.83. The molecule has 0 unspecified atom stereocenters. The molecule has 1 aliphatic rings. The number of hydrogen-bond acceptors (Lipinski definition) is 8. The minimum atomic E-state index is 0.165. The monoisotopic (exact) mass is 433 g/mol. The molecule has 1 fully saturated rings. The predicted octanol–water partition coefficient (Wildman–Crippen LogP) is 4.09. The number of anilines is 4. The Hall–Kier alpha value is -3.85. The lowest BCUT2D eigenvalue weighted by atomic mass is 10.3. The Bertz CT molecular complexity index is 1180. The zero-order chi connectivity index (χ0) is 22.5. The second kappa shape index (κ2) is 9.52. The number of hydrogen-bond donors (Lipinski definition) is 4. The SMILES string of the molecule is C=C(C)/C=C\C=C(/C)Nc1nc2nc(Nc3cccc(O)c3)nc(N3CCOCC3)c2[nH]1. The lowest BCUT2D eigenvalue weighted by Gasteiger charge is -2.28. The van der Waals surface area contributed by atoms with Crippen LogP contribution < -0.4 is 15.5 Å². The highest BCUT2D eigenvalue weighted by molar-refractivity contribution is 5.87. The summed E-state index contributed by atoms with van der Waals surface area (Å²) in [5.41, 5.74) is 3.88. The van der Waals surface area contributed by atoms with Crippen LogP contribution in [0.2, 0.25) is 0 Å². The van der Waals surface area contributed by atoms with E-state index in [1.165, 1.54) is 0 Å². The Morgan fingerprint density at radius 1 is 1.22 bits per heavy atom. The number of phenolic OH excluding ortho intramolecular Hbond substituents is 1. The summed E-state index contributed by atoms with van der Waals surface area (Å²) in [6.07, 6.45) is 5.82. The van der Waals surface area contributed by atoms with Gasteiger partial charge >= 0.3 is 0 Å². The maximum atomic E-state index is 9.76. The van der Waals surface area contributed by atoms with Crippen molar-refractivity contribution in [1.82, 2.24) is 19.9 Å². The number of aromatic hydroxyl groups is 1. The number of phenols is 1. The van der Waals surface area contributed by atoms with Crippen molar-refractivity contribution in [3.63, 3.8) is 0 Å². The topological polar surface area (TPSA) is 111 Å². The molecule has 0 amide bonds. The molecular weight excluding hydrogens is 406 g/mol. The maximum absolute atomic E-state index is 9.76. The molecule has 9 heteroatoms. The number of imidazole rings is 1. The fourth-order valence-corrected chi connectivity index (χ4v) is 3.30. The standard InChI is InChI=1S/C23H27N7O2/c1-15(2)6-4-7-16(3)24-22-26-19-20(27-22)28-23(25-17-8-5-9-18(31)14-17)29-21(19)30-10-12-32-13-11-30/h4-9,14,31H,1,10-13H2,2-3H3,(H3,24,25,26,27,28,29)/b6-4-,16-7+. The fraction of sp³-hybridized carbons (Fsp3) is 0.261. The molecule has 166 valence electrons. The van der Waals surface area contributed by atoms with Crippen LogP contribution in [-0.4, -0.2) is 51.3 Å². The average Bonchev–Trinajstić information content (AvgIpc) is 3.15. The Labute approximate surface area is 186 Å². The van der Waals surface area contributed by atoms with Gasteiger partial charge in [-0.25, -0.2) is 0 Å². The van der Waals surface area contributed by atoms with Crippen molar-refractivity contribution < 1.29 is 9.84 Å². The lowest BCUT2D eigenvalue weighted by Crippen LogP contribution is -2.37. The van der Waals surface area contributed by atoms with Crippen LogP contribution in [0.1, 0.15) is 13.8 Å². The molecule has 1 aromatic carbocycles. The van der Waals surface area contributed by atoms with Gasteiger partial charge in [0.1, 0.15) is 11.3 Å². The van der Waals surface area contributed by atoms with Crippen molar-refractivity contribution in [3.8, 4) is 5.75 Å². The molecule has 0 bridgehead atoms. The molecule has 32 heavy (non-hydrogen) atoms. The van der Waals surface area contributed by atoms with E-state index in [4.69, 9.17) is 9.72 Å². The summed E-state index contributed by atoms with van der Waals surface area (Å²) < 4.78 is 5.50. The van der Waals surface area contributed by atoms with Gasteiger partial charge in [0.25, 0.3) is 0 Å². The van der Waals surface area contributed by atoms with Gasteiger partial charge in [0.15, 0.2) is 11.5 Å². The second-order valence-corrected chi connectivity index (χ2v) is 7.61. The normalized spacial score (nSPS) is 14.8. The van der Waals surface area contributed by atoms with Crippen LogP contribution in [0.4, 0.5) is 23.4 Å². The number of H-pyrrole nitrogens is 1. The van der Waals surface area contributed by atoms with Crippen LogP contribution in [0.15, 0.2) is 60.3 Å². The average molecular weight is 434 g/mol. The molecule has 0 saturated carbocycles. The molecule has 0 atom stereocenters. The number of allylic oxidation sites excluding steroid dienone is 5. The Kier molecular flexibility index (Phi) is 6.37. The maximum Gasteiger partial charge on any atom is 0.231 e. The molecule has 1 saturated heterocycles. The number of benzene rings is 1. The smallest absolute Gasteiger partial charge is 0.231 e. The molecule has 9 nitrogen and oxygen atoms in total. The summed E-state index contributed by atoms with van der Waals surface area (Å²) >= 11 is 0. The van der Waals surface area contributed by atoms with Gasteiger partial charge in [-0.1, -0.05) is 30.4 Å². The molecule has 2 aromatic heterocycles. The van der Waals surface area contributed by atoms with Crippen molar-refractivity contribution in [2.45, 2.75) is 13.8 Å². The molecule has 4 rings (SSSR count). The van der Waals surface area contributed by atoms with E-state index in [1.807, 2.05) is 38.1 Å². The number of aromatic amines is 1. The fourth-order valence-electron chi connectivity index (χ4n) is 3.30. The van der Waals surface area contributed by atoms with Crippen LogP contribution in [0.25, 0.3) is 11.2 Å². The molecular formula is C23H27N7O2. The van der Waals surface area contributed by atoms with Crippen LogP contribution in [0.5, 0.6) is 5.75 Å². The van der Waals surface area contributed by atoms with Gasteiger partial charge < -0.3 is 30.4 Å².